The molecular formula is C15H15BrOS. The summed E-state index contributed by atoms with van der Waals surface area (Å²) in [7, 11) is 0. The largest absolute Gasteiger partial charge is 0.363 e. The van der Waals surface area contributed by atoms with Crippen LogP contribution in [0.5, 0.6) is 0 Å². The van der Waals surface area contributed by atoms with Crippen LogP contribution in [0, 0.1) is 0 Å². The Hall–Kier alpha value is -0.770. The quantitative estimate of drug-likeness (QED) is 0.547. The molecule has 0 fully saturated rings. The van der Waals surface area contributed by atoms with Gasteiger partial charge in [-0.1, -0.05) is 58.0 Å². The third kappa shape index (κ3) is 4.16. The van der Waals surface area contributed by atoms with Crippen molar-refractivity contribution >= 4 is 27.7 Å². The monoisotopic (exact) mass is 322 g/mol. The zero-order valence-electron chi connectivity index (χ0n) is 10.2. The first-order chi connectivity index (χ1) is 8.75. The average molecular weight is 323 g/mol. The number of hydrogen-bond acceptors (Lipinski definition) is 2. The summed E-state index contributed by atoms with van der Waals surface area (Å²) in [5, 5.41) is 0. The summed E-state index contributed by atoms with van der Waals surface area (Å²) in [5.74, 6) is 0.664. The van der Waals surface area contributed by atoms with E-state index in [1.807, 2.05) is 30.3 Å². The van der Waals surface area contributed by atoms with Crippen molar-refractivity contribution in [2.24, 2.45) is 0 Å². The molecule has 0 amide bonds. The average Bonchev–Trinajstić information content (AvgIpc) is 2.42. The van der Waals surface area contributed by atoms with Gasteiger partial charge in [0.2, 0.25) is 0 Å². The molecule has 94 valence electrons. The molecule has 0 saturated heterocycles. The van der Waals surface area contributed by atoms with Gasteiger partial charge in [-0.25, -0.2) is 0 Å². The molecule has 18 heavy (non-hydrogen) atoms. The van der Waals surface area contributed by atoms with Gasteiger partial charge in [-0.15, -0.1) is 0 Å². The van der Waals surface area contributed by atoms with Gasteiger partial charge in [-0.2, -0.15) is 0 Å². The van der Waals surface area contributed by atoms with E-state index in [0.29, 0.717) is 5.94 Å². The van der Waals surface area contributed by atoms with Crippen LogP contribution < -0.4 is 0 Å². The molecule has 0 spiro atoms. The summed E-state index contributed by atoms with van der Waals surface area (Å²) in [5.41, 5.74) is 1.22. The fraction of sp³-hybridized carbons (Fsp3) is 0.200. The summed E-state index contributed by atoms with van der Waals surface area (Å²) < 4.78 is 6.92. The van der Waals surface area contributed by atoms with Crippen LogP contribution in [0.4, 0.5) is 0 Å². The Morgan fingerprint density at radius 2 is 1.72 bits per heavy atom. The molecule has 3 heteroatoms. The van der Waals surface area contributed by atoms with Crippen LogP contribution in [0.1, 0.15) is 18.6 Å². The molecule has 1 unspecified atom stereocenters. The molecule has 0 aliphatic rings. The van der Waals surface area contributed by atoms with Crippen molar-refractivity contribution in [2.45, 2.75) is 17.9 Å². The highest BCUT2D eigenvalue weighted by Gasteiger charge is 2.04. The van der Waals surface area contributed by atoms with Gasteiger partial charge in [-0.05, 0) is 36.8 Å². The first-order valence-corrected chi connectivity index (χ1v) is 7.58. The van der Waals surface area contributed by atoms with Crippen LogP contribution >= 0.6 is 27.7 Å². The van der Waals surface area contributed by atoms with Gasteiger partial charge in [-0.3, -0.25) is 0 Å². The van der Waals surface area contributed by atoms with Gasteiger partial charge >= 0.3 is 0 Å². The normalized spacial score (nSPS) is 12.3. The molecule has 2 rings (SSSR count). The maximum absolute atomic E-state index is 5.81. The molecule has 0 aliphatic heterocycles. The second-order valence-electron chi connectivity index (χ2n) is 3.94. The van der Waals surface area contributed by atoms with Gasteiger partial charge < -0.3 is 4.74 Å². The van der Waals surface area contributed by atoms with Crippen LogP contribution in [-0.2, 0) is 4.74 Å². The van der Waals surface area contributed by atoms with E-state index in [1.165, 1.54) is 10.5 Å². The molecule has 0 bridgehead atoms. The maximum Gasteiger partial charge on any atom is 0.0975 e. The third-order valence-electron chi connectivity index (χ3n) is 2.63. The fourth-order valence-electron chi connectivity index (χ4n) is 1.56. The highest BCUT2D eigenvalue weighted by molar-refractivity contribution is 9.10. The first-order valence-electron chi connectivity index (χ1n) is 5.80. The van der Waals surface area contributed by atoms with Crippen LogP contribution in [0.3, 0.4) is 0 Å². The Balaban J connectivity index is 1.80. The van der Waals surface area contributed by atoms with E-state index in [-0.39, 0.29) is 6.10 Å². The SMILES string of the molecule is CC(OCSc1ccc(Br)cc1)c1ccccc1. The van der Waals surface area contributed by atoms with E-state index in [1.54, 1.807) is 11.8 Å². The van der Waals surface area contributed by atoms with Gasteiger partial charge in [0.05, 0.1) is 12.0 Å². The molecule has 0 aliphatic carbocycles. The Labute approximate surface area is 121 Å². The van der Waals surface area contributed by atoms with E-state index >= 15 is 0 Å². The van der Waals surface area contributed by atoms with E-state index in [9.17, 15) is 0 Å². The van der Waals surface area contributed by atoms with Crippen LogP contribution in [-0.4, -0.2) is 5.94 Å². The Morgan fingerprint density at radius 3 is 2.39 bits per heavy atom. The number of thioether (sulfide) groups is 1. The topological polar surface area (TPSA) is 9.23 Å². The third-order valence-corrected chi connectivity index (χ3v) is 4.01. The lowest BCUT2D eigenvalue weighted by Gasteiger charge is -2.13. The van der Waals surface area contributed by atoms with Gasteiger partial charge in [0.25, 0.3) is 0 Å². The van der Waals surface area contributed by atoms with E-state index in [0.717, 1.165) is 4.47 Å². The molecule has 0 N–H and O–H groups in total. The molecule has 2 aromatic rings. The molecule has 1 atom stereocenters. The summed E-state index contributed by atoms with van der Waals surface area (Å²) in [4.78, 5) is 1.22. The van der Waals surface area contributed by atoms with Gasteiger partial charge in [0.1, 0.15) is 0 Å². The van der Waals surface area contributed by atoms with Crippen molar-refractivity contribution < 1.29 is 4.74 Å². The van der Waals surface area contributed by atoms with E-state index < -0.39 is 0 Å². The maximum atomic E-state index is 5.81. The molecule has 1 nitrogen and oxygen atoms in total. The highest BCUT2D eigenvalue weighted by atomic mass is 79.9. The lowest BCUT2D eigenvalue weighted by molar-refractivity contribution is 0.106. The summed E-state index contributed by atoms with van der Waals surface area (Å²) in [6, 6.07) is 18.5. The van der Waals surface area contributed by atoms with Crippen molar-refractivity contribution in [3.8, 4) is 0 Å². The zero-order chi connectivity index (χ0) is 12.8. The number of halogens is 1. The van der Waals surface area contributed by atoms with Crippen LogP contribution in [0.25, 0.3) is 0 Å². The molecule has 0 aromatic heterocycles. The van der Waals surface area contributed by atoms with Crippen LogP contribution in [0.15, 0.2) is 64.0 Å². The lowest BCUT2D eigenvalue weighted by atomic mass is 10.1. The standard InChI is InChI=1S/C15H15BrOS/c1-12(13-5-3-2-4-6-13)17-11-18-15-9-7-14(16)8-10-15/h2-10,12H,11H2,1H3. The summed E-state index contributed by atoms with van der Waals surface area (Å²) >= 11 is 5.14. The molecule has 0 radical (unpaired) electrons. The van der Waals surface area contributed by atoms with Crippen LogP contribution in [0.2, 0.25) is 0 Å². The predicted molar refractivity (Wildman–Crippen MR) is 80.8 cm³/mol. The first kappa shape index (κ1) is 13.7. The summed E-state index contributed by atoms with van der Waals surface area (Å²) in [6.07, 6.45) is 0.133. The smallest absolute Gasteiger partial charge is 0.0975 e. The Morgan fingerprint density at radius 1 is 1.06 bits per heavy atom. The minimum Gasteiger partial charge on any atom is -0.363 e. The van der Waals surface area contributed by atoms with E-state index in [2.05, 4.69) is 47.1 Å². The van der Waals surface area contributed by atoms with Crippen molar-refractivity contribution in [3.05, 3.63) is 64.6 Å². The summed E-state index contributed by atoms with van der Waals surface area (Å²) in [6.45, 7) is 2.08. The van der Waals surface area contributed by atoms with Crippen molar-refractivity contribution in [1.29, 1.82) is 0 Å². The Kier molecular flexibility index (Phi) is 5.29. The molecule has 2 aromatic carbocycles. The van der Waals surface area contributed by atoms with Crippen molar-refractivity contribution in [2.75, 3.05) is 5.94 Å². The minimum absolute atomic E-state index is 0.133. The van der Waals surface area contributed by atoms with Gasteiger partial charge in [0, 0.05) is 9.37 Å². The fourth-order valence-corrected chi connectivity index (χ4v) is 2.56. The van der Waals surface area contributed by atoms with E-state index in [4.69, 9.17) is 4.74 Å². The number of benzene rings is 2. The minimum atomic E-state index is 0.133. The van der Waals surface area contributed by atoms with Gasteiger partial charge in [0.15, 0.2) is 0 Å². The second kappa shape index (κ2) is 6.98. The zero-order valence-corrected chi connectivity index (χ0v) is 12.6. The number of hydrogen-bond donors (Lipinski definition) is 0. The Bertz CT molecular complexity index is 470. The number of ether oxygens (including phenoxy) is 1. The second-order valence-corrected chi connectivity index (χ2v) is 5.85. The molecular weight excluding hydrogens is 308 g/mol. The number of rotatable bonds is 5. The predicted octanol–water partition coefficient (Wildman–Crippen LogP) is 5.28. The molecule has 0 heterocycles. The van der Waals surface area contributed by atoms with Crippen molar-refractivity contribution in [1.82, 2.24) is 0 Å². The molecule has 0 saturated carbocycles. The van der Waals surface area contributed by atoms with Crippen molar-refractivity contribution in [3.63, 3.8) is 0 Å². The highest BCUT2D eigenvalue weighted by Crippen LogP contribution is 2.24. The lowest BCUT2D eigenvalue weighted by Crippen LogP contribution is -1.99.